The van der Waals surface area contributed by atoms with E-state index in [4.69, 9.17) is 16.6 Å². The first-order valence-corrected chi connectivity index (χ1v) is 7.16. The van der Waals surface area contributed by atoms with E-state index in [1.165, 1.54) is 16.6 Å². The quantitative estimate of drug-likeness (QED) is 0.685. The molecule has 3 nitrogen and oxygen atoms in total. The van der Waals surface area contributed by atoms with Gasteiger partial charge >= 0.3 is 0 Å². The van der Waals surface area contributed by atoms with Gasteiger partial charge in [-0.2, -0.15) is 0 Å². The average molecular weight is 286 g/mol. The molecule has 4 heteroatoms. The van der Waals surface area contributed by atoms with Crippen LogP contribution >= 0.6 is 12.2 Å². The summed E-state index contributed by atoms with van der Waals surface area (Å²) in [6, 6.07) is 8.47. The number of aromatic amines is 1. The van der Waals surface area contributed by atoms with Crippen LogP contribution in [0.3, 0.4) is 0 Å². The molecule has 1 N–H and O–H groups in total. The van der Waals surface area contributed by atoms with Crippen LogP contribution in [0.15, 0.2) is 28.7 Å². The standard InChI is InChI=1S/C16H18N2OS/c1-9-6-5-7-14-15(9)18(16(20)17-14)11(3)13-8-10(2)19-12(13)4/h5-8,11H,1-4H3,(H,17,20). The summed E-state index contributed by atoms with van der Waals surface area (Å²) in [6.07, 6.45) is 0. The zero-order valence-electron chi connectivity index (χ0n) is 12.2. The van der Waals surface area contributed by atoms with Gasteiger partial charge in [-0.15, -0.1) is 0 Å². The molecule has 0 aliphatic carbocycles. The van der Waals surface area contributed by atoms with Gasteiger partial charge in [0.2, 0.25) is 0 Å². The summed E-state index contributed by atoms with van der Waals surface area (Å²) < 4.78 is 8.59. The molecule has 1 aromatic carbocycles. The van der Waals surface area contributed by atoms with Crippen molar-refractivity contribution in [2.45, 2.75) is 33.7 Å². The highest BCUT2D eigenvalue weighted by Gasteiger charge is 2.18. The van der Waals surface area contributed by atoms with Crippen molar-refractivity contribution >= 4 is 23.3 Å². The Morgan fingerprint density at radius 2 is 2.00 bits per heavy atom. The second-order valence-corrected chi connectivity index (χ2v) is 5.70. The molecule has 20 heavy (non-hydrogen) atoms. The van der Waals surface area contributed by atoms with Gasteiger partial charge in [-0.25, -0.2) is 0 Å². The monoisotopic (exact) mass is 286 g/mol. The number of furan rings is 1. The van der Waals surface area contributed by atoms with E-state index in [-0.39, 0.29) is 6.04 Å². The Morgan fingerprint density at radius 1 is 1.25 bits per heavy atom. The van der Waals surface area contributed by atoms with Crippen molar-refractivity contribution in [1.82, 2.24) is 9.55 Å². The summed E-state index contributed by atoms with van der Waals surface area (Å²) >= 11 is 5.52. The van der Waals surface area contributed by atoms with E-state index in [9.17, 15) is 0 Å². The minimum Gasteiger partial charge on any atom is -0.466 e. The van der Waals surface area contributed by atoms with Crippen molar-refractivity contribution in [1.29, 1.82) is 0 Å². The zero-order chi connectivity index (χ0) is 14.4. The van der Waals surface area contributed by atoms with E-state index >= 15 is 0 Å². The van der Waals surface area contributed by atoms with Crippen LogP contribution in [0.5, 0.6) is 0 Å². The van der Waals surface area contributed by atoms with Crippen molar-refractivity contribution < 1.29 is 4.42 Å². The second kappa shape index (κ2) is 4.63. The van der Waals surface area contributed by atoms with Gasteiger partial charge in [-0.1, -0.05) is 12.1 Å². The number of H-pyrrole nitrogens is 1. The number of para-hydroxylation sites is 1. The van der Waals surface area contributed by atoms with E-state index in [0.717, 1.165) is 21.8 Å². The molecule has 0 radical (unpaired) electrons. The molecular formula is C16H18N2OS. The summed E-state index contributed by atoms with van der Waals surface area (Å²) in [5, 5.41) is 0. The topological polar surface area (TPSA) is 33.9 Å². The van der Waals surface area contributed by atoms with Crippen LogP contribution in [0.2, 0.25) is 0 Å². The molecule has 104 valence electrons. The number of nitrogens with zero attached hydrogens (tertiary/aromatic N) is 1. The summed E-state index contributed by atoms with van der Waals surface area (Å²) in [7, 11) is 0. The Bertz CT molecular complexity index is 838. The molecule has 2 heterocycles. The highest BCUT2D eigenvalue weighted by molar-refractivity contribution is 7.71. The molecule has 0 spiro atoms. The van der Waals surface area contributed by atoms with E-state index in [2.05, 4.69) is 41.6 Å². The number of imidazole rings is 1. The lowest BCUT2D eigenvalue weighted by Crippen LogP contribution is -2.07. The second-order valence-electron chi connectivity index (χ2n) is 5.32. The highest BCUT2D eigenvalue weighted by Crippen LogP contribution is 2.29. The molecule has 2 aromatic heterocycles. The Balaban J connectivity index is 2.27. The fourth-order valence-corrected chi connectivity index (χ4v) is 3.29. The van der Waals surface area contributed by atoms with Crippen molar-refractivity contribution in [2.75, 3.05) is 0 Å². The summed E-state index contributed by atoms with van der Waals surface area (Å²) in [4.78, 5) is 3.29. The van der Waals surface area contributed by atoms with Crippen molar-refractivity contribution in [3.8, 4) is 0 Å². The zero-order valence-corrected chi connectivity index (χ0v) is 13.0. The number of benzene rings is 1. The molecular weight excluding hydrogens is 268 g/mol. The van der Waals surface area contributed by atoms with Crippen LogP contribution in [0, 0.1) is 25.5 Å². The maximum absolute atomic E-state index is 5.66. The van der Waals surface area contributed by atoms with E-state index in [1.54, 1.807) is 0 Å². The first-order valence-electron chi connectivity index (χ1n) is 6.76. The van der Waals surface area contributed by atoms with Crippen LogP contribution < -0.4 is 0 Å². The third-order valence-electron chi connectivity index (χ3n) is 3.86. The molecule has 0 bridgehead atoms. The lowest BCUT2D eigenvalue weighted by molar-refractivity contribution is 0.495. The van der Waals surface area contributed by atoms with Gasteiger partial charge in [0.25, 0.3) is 0 Å². The third-order valence-corrected chi connectivity index (χ3v) is 4.15. The number of aromatic nitrogens is 2. The van der Waals surface area contributed by atoms with Gasteiger partial charge in [0.1, 0.15) is 11.5 Å². The summed E-state index contributed by atoms with van der Waals surface area (Å²) in [6.45, 7) is 8.25. The lowest BCUT2D eigenvalue weighted by atomic mass is 10.1. The highest BCUT2D eigenvalue weighted by atomic mass is 32.1. The Morgan fingerprint density at radius 3 is 2.65 bits per heavy atom. The fourth-order valence-electron chi connectivity index (χ4n) is 2.93. The molecule has 0 saturated heterocycles. The van der Waals surface area contributed by atoms with Crippen LogP contribution in [-0.2, 0) is 0 Å². The minimum absolute atomic E-state index is 0.148. The van der Waals surface area contributed by atoms with E-state index in [1.807, 2.05) is 19.9 Å². The van der Waals surface area contributed by atoms with Crippen molar-refractivity contribution in [3.05, 3.63) is 51.7 Å². The number of rotatable bonds is 2. The largest absolute Gasteiger partial charge is 0.466 e. The number of fused-ring (bicyclic) bond motifs is 1. The molecule has 0 saturated carbocycles. The van der Waals surface area contributed by atoms with E-state index < -0.39 is 0 Å². The molecule has 0 fully saturated rings. The third kappa shape index (κ3) is 1.91. The first-order chi connectivity index (χ1) is 9.49. The van der Waals surface area contributed by atoms with Crippen LogP contribution in [0.25, 0.3) is 11.0 Å². The smallest absolute Gasteiger partial charge is 0.178 e. The molecule has 0 amide bonds. The van der Waals surface area contributed by atoms with Crippen LogP contribution in [-0.4, -0.2) is 9.55 Å². The van der Waals surface area contributed by atoms with Gasteiger partial charge in [-0.05, 0) is 57.6 Å². The number of aryl methyl sites for hydroxylation is 3. The molecule has 0 aliphatic heterocycles. The molecule has 3 rings (SSSR count). The minimum atomic E-state index is 0.148. The van der Waals surface area contributed by atoms with Gasteiger partial charge in [-0.3, -0.25) is 0 Å². The Kier molecular flexibility index (Phi) is 3.05. The van der Waals surface area contributed by atoms with Crippen molar-refractivity contribution in [3.63, 3.8) is 0 Å². The SMILES string of the molecule is Cc1cc(C(C)n2c(=S)[nH]c3cccc(C)c32)c(C)o1. The normalized spacial score (nSPS) is 13.0. The number of hydrogen-bond donors (Lipinski definition) is 1. The van der Waals surface area contributed by atoms with Crippen LogP contribution in [0.1, 0.15) is 35.6 Å². The number of hydrogen-bond acceptors (Lipinski definition) is 2. The predicted octanol–water partition coefficient (Wildman–Crippen LogP) is 4.83. The number of nitrogens with one attached hydrogen (secondary N) is 1. The first kappa shape index (κ1) is 13.2. The maximum atomic E-state index is 5.66. The maximum Gasteiger partial charge on any atom is 0.178 e. The average Bonchev–Trinajstić information content (AvgIpc) is 2.89. The lowest BCUT2D eigenvalue weighted by Gasteiger charge is -2.15. The van der Waals surface area contributed by atoms with E-state index in [0.29, 0.717) is 0 Å². The molecule has 3 aromatic rings. The summed E-state index contributed by atoms with van der Waals surface area (Å²) in [5.41, 5.74) is 4.66. The van der Waals surface area contributed by atoms with Gasteiger partial charge < -0.3 is 14.0 Å². The van der Waals surface area contributed by atoms with Gasteiger partial charge in [0.05, 0.1) is 17.1 Å². The van der Waals surface area contributed by atoms with Gasteiger partial charge in [0.15, 0.2) is 4.77 Å². The predicted molar refractivity (Wildman–Crippen MR) is 83.9 cm³/mol. The molecule has 0 aliphatic rings. The Labute approximate surface area is 123 Å². The van der Waals surface area contributed by atoms with Crippen LogP contribution in [0.4, 0.5) is 0 Å². The molecule has 1 unspecified atom stereocenters. The molecule has 1 atom stereocenters. The fraction of sp³-hybridized carbons (Fsp3) is 0.312. The summed E-state index contributed by atoms with van der Waals surface area (Å²) in [5.74, 6) is 1.90. The Hall–Kier alpha value is -1.81. The van der Waals surface area contributed by atoms with Crippen molar-refractivity contribution in [2.24, 2.45) is 0 Å². The van der Waals surface area contributed by atoms with Gasteiger partial charge in [0, 0.05) is 5.56 Å².